The van der Waals surface area contributed by atoms with Crippen LogP contribution in [0, 0.1) is 0 Å². The fraction of sp³-hybridized carbons (Fsp3) is 0.111. The van der Waals surface area contributed by atoms with E-state index in [0.29, 0.717) is 5.75 Å². The van der Waals surface area contributed by atoms with Gasteiger partial charge in [0.25, 0.3) is 0 Å². The smallest absolute Gasteiger partial charge is 0.412 e. The van der Waals surface area contributed by atoms with Crippen molar-refractivity contribution in [3.05, 3.63) is 29.8 Å². The zero-order chi connectivity index (χ0) is 10.6. The lowest BCUT2D eigenvalue weighted by Crippen LogP contribution is -2.18. The number of primary amides is 1. The largest absolute Gasteiger partial charge is 0.497 e. The first-order valence-electron chi connectivity index (χ1n) is 3.79. The van der Waals surface area contributed by atoms with Crippen LogP contribution in [0.25, 0.3) is 0 Å². The Morgan fingerprint density at radius 3 is 2.53 bits per heavy atom. The fourth-order valence-electron chi connectivity index (χ4n) is 0.900. The number of benzene rings is 1. The molecule has 1 amide bonds. The first kappa shape index (κ1) is 13.2. The van der Waals surface area contributed by atoms with Gasteiger partial charge in [0, 0.05) is 0 Å². The molecule has 1 aromatic rings. The highest BCUT2D eigenvalue weighted by Crippen LogP contribution is 2.13. The Morgan fingerprint density at radius 1 is 1.33 bits per heavy atom. The number of methoxy groups -OCH3 is 1. The topological polar surface area (TPSA) is 78.6 Å². The van der Waals surface area contributed by atoms with Crippen molar-refractivity contribution in [2.24, 2.45) is 5.73 Å². The summed E-state index contributed by atoms with van der Waals surface area (Å²) in [4.78, 5) is 21.4. The van der Waals surface area contributed by atoms with Crippen LogP contribution in [0.3, 0.4) is 0 Å². The first-order valence-corrected chi connectivity index (χ1v) is 3.79. The zero-order valence-corrected chi connectivity index (χ0v) is 8.74. The van der Waals surface area contributed by atoms with Crippen LogP contribution in [0.4, 0.5) is 4.79 Å². The van der Waals surface area contributed by atoms with E-state index in [1.54, 1.807) is 12.1 Å². The van der Waals surface area contributed by atoms with Crippen molar-refractivity contribution >= 4 is 24.5 Å². The third kappa shape index (κ3) is 3.86. The van der Waals surface area contributed by atoms with Crippen molar-refractivity contribution in [3.8, 4) is 5.75 Å². The number of hydrogen-bond donors (Lipinski definition) is 1. The molecule has 0 radical (unpaired) electrons. The van der Waals surface area contributed by atoms with Gasteiger partial charge in [0.05, 0.1) is 12.7 Å². The Kier molecular flexibility index (Phi) is 5.19. The molecule has 0 bridgehead atoms. The Bertz CT molecular complexity index is 367. The van der Waals surface area contributed by atoms with E-state index in [9.17, 15) is 9.59 Å². The summed E-state index contributed by atoms with van der Waals surface area (Å²) in [6, 6.07) is 6.22. The van der Waals surface area contributed by atoms with E-state index < -0.39 is 12.1 Å². The Hall–Kier alpha value is -1.75. The highest BCUT2D eigenvalue weighted by Gasteiger charge is 2.10. The van der Waals surface area contributed by atoms with Crippen molar-refractivity contribution in [1.29, 1.82) is 0 Å². The quantitative estimate of drug-likeness (QED) is 0.616. The third-order valence-electron chi connectivity index (χ3n) is 1.50. The van der Waals surface area contributed by atoms with E-state index >= 15 is 0 Å². The normalized spacial score (nSPS) is 8.60. The Balaban J connectivity index is 0.00000196. The number of rotatable bonds is 2. The Labute approximate surface area is 92.6 Å². The number of esters is 1. The first-order chi connectivity index (χ1) is 6.63. The number of carbonyl (C=O) groups is 2. The Morgan fingerprint density at radius 2 is 2.00 bits per heavy atom. The minimum atomic E-state index is -1.13. The maximum absolute atomic E-state index is 11.1. The number of halogens is 1. The van der Waals surface area contributed by atoms with Crippen LogP contribution in [0.15, 0.2) is 24.3 Å². The van der Waals surface area contributed by atoms with E-state index in [-0.39, 0.29) is 18.0 Å². The molecule has 82 valence electrons. The van der Waals surface area contributed by atoms with Gasteiger partial charge < -0.3 is 15.2 Å². The summed E-state index contributed by atoms with van der Waals surface area (Å²) in [5.41, 5.74) is 4.90. The summed E-state index contributed by atoms with van der Waals surface area (Å²) in [6.45, 7) is 0. The van der Waals surface area contributed by atoms with Crippen molar-refractivity contribution < 1.29 is 19.1 Å². The maximum Gasteiger partial charge on any atom is 0.412 e. The molecule has 0 saturated heterocycles. The highest BCUT2D eigenvalue weighted by atomic mass is 35.5. The third-order valence-corrected chi connectivity index (χ3v) is 1.50. The van der Waals surface area contributed by atoms with Gasteiger partial charge in [-0.05, 0) is 18.2 Å². The van der Waals surface area contributed by atoms with E-state index in [4.69, 9.17) is 4.74 Å². The summed E-state index contributed by atoms with van der Waals surface area (Å²) >= 11 is 0. The second kappa shape index (κ2) is 5.87. The summed E-state index contributed by atoms with van der Waals surface area (Å²) in [6.07, 6.45) is -1.13. The molecule has 0 unspecified atom stereocenters. The summed E-state index contributed by atoms with van der Waals surface area (Å²) in [7, 11) is 1.47. The van der Waals surface area contributed by atoms with Gasteiger partial charge in [-0.15, -0.1) is 12.4 Å². The van der Waals surface area contributed by atoms with Gasteiger partial charge in [0.15, 0.2) is 0 Å². The minimum absolute atomic E-state index is 0. The molecule has 0 aliphatic heterocycles. The van der Waals surface area contributed by atoms with Crippen molar-refractivity contribution in [1.82, 2.24) is 0 Å². The lowest BCUT2D eigenvalue weighted by molar-refractivity contribution is 0.0638. The number of amides is 1. The number of hydrogen-bond acceptors (Lipinski definition) is 4. The zero-order valence-electron chi connectivity index (χ0n) is 7.93. The average Bonchev–Trinajstić information content (AvgIpc) is 2.17. The number of carbonyl (C=O) groups excluding carboxylic acids is 2. The van der Waals surface area contributed by atoms with Crippen molar-refractivity contribution in [2.45, 2.75) is 0 Å². The standard InChI is InChI=1S/C9H9NO4.ClH/c1-13-7-4-2-3-6(5-7)8(11)14-9(10)12;/h2-5H,1H3,(H2,10,12);1H. The number of nitrogens with two attached hydrogens (primary N) is 1. The molecule has 6 heteroatoms. The SMILES string of the molecule is COc1cccc(C(=O)OC(N)=O)c1.Cl. The van der Waals surface area contributed by atoms with Gasteiger partial charge in [-0.1, -0.05) is 6.07 Å². The van der Waals surface area contributed by atoms with E-state index in [0.717, 1.165) is 0 Å². The van der Waals surface area contributed by atoms with Crippen LogP contribution in [0.5, 0.6) is 5.75 Å². The molecule has 1 aromatic carbocycles. The van der Waals surface area contributed by atoms with Gasteiger partial charge >= 0.3 is 12.1 Å². The molecule has 0 fully saturated rings. The minimum Gasteiger partial charge on any atom is -0.497 e. The van der Waals surface area contributed by atoms with Gasteiger partial charge in [-0.25, -0.2) is 9.59 Å². The molecule has 0 aliphatic rings. The predicted octanol–water partition coefficient (Wildman–Crippen LogP) is 1.35. The lowest BCUT2D eigenvalue weighted by atomic mass is 10.2. The molecular formula is C9H10ClNO4. The van der Waals surface area contributed by atoms with Crippen LogP contribution in [-0.4, -0.2) is 19.2 Å². The van der Waals surface area contributed by atoms with E-state index in [2.05, 4.69) is 10.5 Å². The summed E-state index contributed by atoms with van der Waals surface area (Å²) < 4.78 is 9.07. The molecule has 0 aliphatic carbocycles. The summed E-state index contributed by atoms with van der Waals surface area (Å²) in [5.74, 6) is -0.291. The molecule has 0 spiro atoms. The molecule has 15 heavy (non-hydrogen) atoms. The average molecular weight is 232 g/mol. The molecule has 5 nitrogen and oxygen atoms in total. The van der Waals surface area contributed by atoms with Crippen LogP contribution in [0.2, 0.25) is 0 Å². The second-order valence-corrected chi connectivity index (χ2v) is 2.44. The molecule has 0 heterocycles. The lowest BCUT2D eigenvalue weighted by Gasteiger charge is -2.02. The fourth-order valence-corrected chi connectivity index (χ4v) is 0.900. The predicted molar refractivity (Wildman–Crippen MR) is 55.2 cm³/mol. The maximum atomic E-state index is 11.1. The van der Waals surface area contributed by atoms with Gasteiger partial charge in [0.2, 0.25) is 0 Å². The number of ether oxygens (including phenoxy) is 2. The molecule has 0 atom stereocenters. The van der Waals surface area contributed by atoms with Gasteiger partial charge in [-0.2, -0.15) is 0 Å². The molecule has 0 aromatic heterocycles. The monoisotopic (exact) mass is 231 g/mol. The van der Waals surface area contributed by atoms with Gasteiger partial charge in [0.1, 0.15) is 5.75 Å². The second-order valence-electron chi connectivity index (χ2n) is 2.44. The van der Waals surface area contributed by atoms with Crippen LogP contribution in [-0.2, 0) is 4.74 Å². The molecule has 2 N–H and O–H groups in total. The summed E-state index contributed by atoms with van der Waals surface area (Å²) in [5, 5.41) is 0. The van der Waals surface area contributed by atoms with Crippen molar-refractivity contribution in [3.63, 3.8) is 0 Å². The van der Waals surface area contributed by atoms with Crippen molar-refractivity contribution in [2.75, 3.05) is 7.11 Å². The molecular weight excluding hydrogens is 222 g/mol. The van der Waals surface area contributed by atoms with Gasteiger partial charge in [-0.3, -0.25) is 0 Å². The van der Waals surface area contributed by atoms with Crippen LogP contribution < -0.4 is 10.5 Å². The molecule has 0 saturated carbocycles. The van der Waals surface area contributed by atoms with Crippen LogP contribution in [0.1, 0.15) is 10.4 Å². The van der Waals surface area contributed by atoms with Crippen LogP contribution >= 0.6 is 12.4 Å². The van der Waals surface area contributed by atoms with E-state index in [1.807, 2.05) is 0 Å². The highest BCUT2D eigenvalue weighted by molar-refractivity contribution is 5.96. The molecule has 1 rings (SSSR count). The van der Waals surface area contributed by atoms with E-state index in [1.165, 1.54) is 19.2 Å².